The molecule has 1 aliphatic rings. The Morgan fingerprint density at radius 2 is 1.91 bits per heavy atom. The lowest BCUT2D eigenvalue weighted by molar-refractivity contribution is -0.155. The van der Waals surface area contributed by atoms with Crippen molar-refractivity contribution >= 4 is 11.9 Å². The number of carbonyl (C=O) groups excluding carboxylic acids is 2. The van der Waals surface area contributed by atoms with Crippen LogP contribution in [0.1, 0.15) is 96.1 Å². The van der Waals surface area contributed by atoms with Gasteiger partial charge >= 0.3 is 11.9 Å². The number of pyridine rings is 1. The molecular weight excluding hydrogens is 434 g/mol. The first-order valence-corrected chi connectivity index (χ1v) is 12.3. The number of ether oxygens (including phenoxy) is 2. The van der Waals surface area contributed by atoms with Crippen LogP contribution in [0.5, 0.6) is 0 Å². The van der Waals surface area contributed by atoms with Crippen LogP contribution in [0.2, 0.25) is 0 Å². The zero-order valence-corrected chi connectivity index (χ0v) is 20.8. The van der Waals surface area contributed by atoms with Gasteiger partial charge in [-0.15, -0.1) is 0 Å². The molecule has 0 amide bonds. The summed E-state index contributed by atoms with van der Waals surface area (Å²) < 4.78 is 15.8. The normalized spacial score (nSPS) is 15.6. The monoisotopic (exact) mass is 471 g/mol. The van der Waals surface area contributed by atoms with Gasteiger partial charge in [-0.3, -0.25) is 14.6 Å². The fourth-order valence-corrected chi connectivity index (χ4v) is 4.43. The summed E-state index contributed by atoms with van der Waals surface area (Å²) in [6.45, 7) is 5.60. The van der Waals surface area contributed by atoms with E-state index < -0.39 is 5.60 Å². The van der Waals surface area contributed by atoms with E-state index in [0.29, 0.717) is 23.0 Å². The van der Waals surface area contributed by atoms with E-state index in [0.717, 1.165) is 25.2 Å². The predicted molar refractivity (Wildman–Crippen MR) is 127 cm³/mol. The molecule has 1 atom stereocenters. The van der Waals surface area contributed by atoms with Crippen molar-refractivity contribution in [1.82, 2.24) is 15.1 Å². The molecule has 1 fully saturated rings. The van der Waals surface area contributed by atoms with Crippen LogP contribution in [0, 0.1) is 5.92 Å². The van der Waals surface area contributed by atoms with Crippen molar-refractivity contribution in [2.45, 2.75) is 96.5 Å². The Kier molecular flexibility index (Phi) is 9.19. The first kappa shape index (κ1) is 25.8. The van der Waals surface area contributed by atoms with Gasteiger partial charge in [-0.25, -0.2) is 0 Å². The molecule has 0 aliphatic heterocycles. The molecule has 2 aromatic rings. The third-order valence-electron chi connectivity index (χ3n) is 6.15. The molecule has 0 aromatic carbocycles. The zero-order valence-electron chi connectivity index (χ0n) is 20.8. The summed E-state index contributed by atoms with van der Waals surface area (Å²) in [7, 11) is 1.35. The lowest BCUT2D eigenvalue weighted by atomic mass is 9.84. The smallest absolute Gasteiger partial charge is 0.311 e. The van der Waals surface area contributed by atoms with Crippen molar-refractivity contribution in [3.05, 3.63) is 29.9 Å². The van der Waals surface area contributed by atoms with Crippen LogP contribution in [-0.4, -0.2) is 39.8 Å². The first-order chi connectivity index (χ1) is 16.2. The van der Waals surface area contributed by atoms with E-state index in [1.54, 1.807) is 18.3 Å². The van der Waals surface area contributed by atoms with E-state index in [2.05, 4.69) is 19.9 Å². The van der Waals surface area contributed by atoms with Crippen molar-refractivity contribution in [2.24, 2.45) is 5.92 Å². The van der Waals surface area contributed by atoms with Crippen LogP contribution < -0.4 is 0 Å². The molecule has 34 heavy (non-hydrogen) atoms. The first-order valence-electron chi connectivity index (χ1n) is 12.3. The summed E-state index contributed by atoms with van der Waals surface area (Å²) in [5, 5.41) is 4.12. The maximum Gasteiger partial charge on any atom is 0.311 e. The van der Waals surface area contributed by atoms with Crippen molar-refractivity contribution < 1.29 is 23.6 Å². The van der Waals surface area contributed by atoms with E-state index in [1.165, 1.54) is 39.2 Å². The van der Waals surface area contributed by atoms with Crippen LogP contribution in [0.15, 0.2) is 22.9 Å². The standard InChI is InChI=1S/C26H37N3O5/c1-26(2,3)33-23(31)15-19(12-8-11-18-9-6-5-7-10-18)25-28-24(29-34-25)20-13-14-21(27-17-20)16-22(30)32-4/h13-14,17-19H,5-12,15-16H2,1-4H3/t19-/m1/s1. The molecule has 1 saturated carbocycles. The molecule has 186 valence electrons. The highest BCUT2D eigenvalue weighted by molar-refractivity contribution is 5.72. The van der Waals surface area contributed by atoms with Gasteiger partial charge in [0.15, 0.2) is 0 Å². The molecule has 0 spiro atoms. The molecule has 2 heterocycles. The topological polar surface area (TPSA) is 104 Å². The van der Waals surface area contributed by atoms with Crippen LogP contribution in [-0.2, 0) is 25.5 Å². The lowest BCUT2D eigenvalue weighted by Gasteiger charge is -2.23. The van der Waals surface area contributed by atoms with Gasteiger partial charge in [0.1, 0.15) is 5.60 Å². The lowest BCUT2D eigenvalue weighted by Crippen LogP contribution is -2.25. The molecule has 0 radical (unpaired) electrons. The summed E-state index contributed by atoms with van der Waals surface area (Å²) in [5.74, 6) is 0.843. The van der Waals surface area contributed by atoms with Gasteiger partial charge in [0.2, 0.25) is 11.7 Å². The average Bonchev–Trinajstić information content (AvgIpc) is 3.28. The molecule has 8 nitrogen and oxygen atoms in total. The van der Waals surface area contributed by atoms with Crippen molar-refractivity contribution in [3.63, 3.8) is 0 Å². The SMILES string of the molecule is COC(=O)Cc1ccc(-c2noc([C@H](CCCC3CCCCC3)CC(=O)OC(C)(C)C)n2)cn1. The van der Waals surface area contributed by atoms with Crippen LogP contribution in [0.25, 0.3) is 11.4 Å². The van der Waals surface area contributed by atoms with Gasteiger partial charge in [-0.05, 0) is 45.2 Å². The predicted octanol–water partition coefficient (Wildman–Crippen LogP) is 5.41. The molecule has 0 N–H and O–H groups in total. The highest BCUT2D eigenvalue weighted by Crippen LogP contribution is 2.32. The number of hydrogen-bond acceptors (Lipinski definition) is 8. The quantitative estimate of drug-likeness (QED) is 0.423. The van der Waals surface area contributed by atoms with E-state index in [-0.39, 0.29) is 30.7 Å². The number of hydrogen-bond donors (Lipinski definition) is 0. The van der Waals surface area contributed by atoms with Crippen LogP contribution in [0.3, 0.4) is 0 Å². The summed E-state index contributed by atoms with van der Waals surface area (Å²) in [4.78, 5) is 32.9. The Morgan fingerprint density at radius 3 is 2.56 bits per heavy atom. The molecule has 0 unspecified atom stereocenters. The Labute approximate surface area is 201 Å². The van der Waals surface area contributed by atoms with Gasteiger partial charge < -0.3 is 14.0 Å². The van der Waals surface area contributed by atoms with E-state index >= 15 is 0 Å². The molecule has 3 rings (SSSR count). The summed E-state index contributed by atoms with van der Waals surface area (Å²) in [5.41, 5.74) is 0.744. The fourth-order valence-electron chi connectivity index (χ4n) is 4.43. The van der Waals surface area contributed by atoms with Gasteiger partial charge in [-0.1, -0.05) is 50.1 Å². The number of aromatic nitrogens is 3. The molecule has 0 saturated heterocycles. The molecule has 8 heteroatoms. The largest absolute Gasteiger partial charge is 0.469 e. The van der Waals surface area contributed by atoms with E-state index in [1.807, 2.05) is 20.8 Å². The number of nitrogens with zero attached hydrogens (tertiary/aromatic N) is 3. The average molecular weight is 472 g/mol. The Balaban J connectivity index is 1.68. The second kappa shape index (κ2) is 12.1. The van der Waals surface area contributed by atoms with Crippen molar-refractivity contribution in [3.8, 4) is 11.4 Å². The minimum Gasteiger partial charge on any atom is -0.469 e. The maximum atomic E-state index is 12.6. The molecule has 1 aliphatic carbocycles. The minimum atomic E-state index is -0.540. The summed E-state index contributed by atoms with van der Waals surface area (Å²) >= 11 is 0. The van der Waals surface area contributed by atoms with Gasteiger partial charge in [0.05, 0.1) is 25.6 Å². The van der Waals surface area contributed by atoms with E-state index in [4.69, 9.17) is 9.26 Å². The highest BCUT2D eigenvalue weighted by Gasteiger charge is 2.26. The Bertz CT molecular complexity index is 927. The number of esters is 2. The second-order valence-corrected chi connectivity index (χ2v) is 10.2. The van der Waals surface area contributed by atoms with Crippen LogP contribution in [0.4, 0.5) is 0 Å². The maximum absolute atomic E-state index is 12.6. The van der Waals surface area contributed by atoms with Crippen LogP contribution >= 0.6 is 0 Å². The summed E-state index contributed by atoms with van der Waals surface area (Å²) in [6.07, 6.45) is 11.5. The van der Waals surface area contributed by atoms with Gasteiger partial charge in [0, 0.05) is 17.7 Å². The Hall–Kier alpha value is -2.77. The van der Waals surface area contributed by atoms with Gasteiger partial charge in [-0.2, -0.15) is 4.98 Å². The highest BCUT2D eigenvalue weighted by atomic mass is 16.6. The third-order valence-corrected chi connectivity index (χ3v) is 6.15. The minimum absolute atomic E-state index is 0.104. The number of methoxy groups -OCH3 is 1. The van der Waals surface area contributed by atoms with Crippen molar-refractivity contribution in [2.75, 3.05) is 7.11 Å². The summed E-state index contributed by atoms with van der Waals surface area (Å²) in [6, 6.07) is 3.54. The van der Waals surface area contributed by atoms with E-state index in [9.17, 15) is 9.59 Å². The zero-order chi connectivity index (χ0) is 24.6. The van der Waals surface area contributed by atoms with Gasteiger partial charge in [0.25, 0.3) is 0 Å². The second-order valence-electron chi connectivity index (χ2n) is 10.2. The molecule has 2 aromatic heterocycles. The number of rotatable bonds is 10. The van der Waals surface area contributed by atoms with Crippen molar-refractivity contribution in [1.29, 1.82) is 0 Å². The number of carbonyl (C=O) groups is 2. The fraction of sp³-hybridized carbons (Fsp3) is 0.654. The third kappa shape index (κ3) is 8.22. The molecular formula is C26H37N3O5. The Morgan fingerprint density at radius 1 is 1.15 bits per heavy atom. The molecule has 0 bridgehead atoms.